The summed E-state index contributed by atoms with van der Waals surface area (Å²) < 4.78 is 0. The van der Waals surface area contributed by atoms with E-state index in [0.717, 1.165) is 5.92 Å². The third kappa shape index (κ3) is 4.10. The minimum absolute atomic E-state index is 0.596. The maximum Gasteiger partial charge on any atom is 0.00454 e. The molecule has 0 aromatic carbocycles. The Morgan fingerprint density at radius 3 is 2.72 bits per heavy atom. The average Bonchev–Trinajstić information content (AvgIpc) is 2.97. The highest BCUT2D eigenvalue weighted by atomic mass is 32.1. The first-order valence-electron chi connectivity index (χ1n) is 7.43. The number of rotatable bonds is 7. The molecule has 0 aliphatic heterocycles. The summed E-state index contributed by atoms with van der Waals surface area (Å²) in [5, 5.41) is 5.90. The fourth-order valence-corrected chi connectivity index (χ4v) is 3.82. The van der Waals surface area contributed by atoms with Crippen molar-refractivity contribution in [2.45, 2.75) is 52.4 Å². The molecule has 1 aromatic heterocycles. The molecule has 1 saturated carbocycles. The second-order valence-corrected chi connectivity index (χ2v) is 7.34. The molecule has 1 fully saturated rings. The van der Waals surface area contributed by atoms with Crippen molar-refractivity contribution in [3.63, 3.8) is 0 Å². The molecular formula is C16H27NS. The number of thiophene rings is 1. The summed E-state index contributed by atoms with van der Waals surface area (Å²) in [4.78, 5) is 1.56. The summed E-state index contributed by atoms with van der Waals surface area (Å²) in [6.45, 7) is 6.98. The molecule has 1 N–H and O–H groups in total. The van der Waals surface area contributed by atoms with Crippen LogP contribution in [0.15, 0.2) is 17.5 Å². The van der Waals surface area contributed by atoms with Crippen LogP contribution in [0.1, 0.15) is 50.8 Å². The first-order chi connectivity index (χ1) is 8.70. The van der Waals surface area contributed by atoms with Gasteiger partial charge in [0.1, 0.15) is 0 Å². The van der Waals surface area contributed by atoms with Crippen molar-refractivity contribution in [2.75, 3.05) is 13.1 Å². The van der Waals surface area contributed by atoms with Gasteiger partial charge in [0, 0.05) is 11.4 Å². The number of hydrogen-bond acceptors (Lipinski definition) is 2. The number of hydrogen-bond donors (Lipinski definition) is 1. The molecule has 0 saturated heterocycles. The van der Waals surface area contributed by atoms with Gasteiger partial charge in [0.25, 0.3) is 0 Å². The molecule has 0 radical (unpaired) electrons. The van der Waals surface area contributed by atoms with E-state index < -0.39 is 0 Å². The normalized spacial score (nSPS) is 18.6. The van der Waals surface area contributed by atoms with Crippen LogP contribution in [-0.4, -0.2) is 13.1 Å². The van der Waals surface area contributed by atoms with Gasteiger partial charge < -0.3 is 5.32 Å². The van der Waals surface area contributed by atoms with Crippen LogP contribution in [0.2, 0.25) is 0 Å². The van der Waals surface area contributed by atoms with E-state index in [1.165, 1.54) is 51.6 Å². The Balaban J connectivity index is 1.82. The lowest BCUT2D eigenvalue weighted by Gasteiger charge is -2.29. The molecule has 1 nitrogen and oxygen atoms in total. The van der Waals surface area contributed by atoms with E-state index in [2.05, 4.69) is 36.7 Å². The van der Waals surface area contributed by atoms with Gasteiger partial charge in [-0.15, -0.1) is 11.3 Å². The fraction of sp³-hybridized carbons (Fsp3) is 0.750. The maximum absolute atomic E-state index is 3.70. The molecule has 102 valence electrons. The first kappa shape index (κ1) is 14.1. The number of nitrogens with one attached hydrogen (secondary N) is 1. The average molecular weight is 265 g/mol. The topological polar surface area (TPSA) is 12.0 Å². The Labute approximate surface area is 116 Å². The zero-order valence-corrected chi connectivity index (χ0v) is 12.7. The van der Waals surface area contributed by atoms with Crippen LogP contribution in [0.3, 0.4) is 0 Å². The van der Waals surface area contributed by atoms with E-state index >= 15 is 0 Å². The van der Waals surface area contributed by atoms with Gasteiger partial charge in [-0.05, 0) is 55.0 Å². The van der Waals surface area contributed by atoms with Crippen LogP contribution < -0.4 is 5.32 Å². The van der Waals surface area contributed by atoms with Gasteiger partial charge in [0.2, 0.25) is 0 Å². The van der Waals surface area contributed by atoms with Crippen LogP contribution in [0.4, 0.5) is 0 Å². The maximum atomic E-state index is 3.70. The highest BCUT2D eigenvalue weighted by Crippen LogP contribution is 2.41. The Bertz CT molecular complexity index is 323. The van der Waals surface area contributed by atoms with Crippen LogP contribution in [0.5, 0.6) is 0 Å². The second kappa shape index (κ2) is 6.72. The predicted octanol–water partition coefficient (Wildman–Crippen LogP) is 4.49. The van der Waals surface area contributed by atoms with Crippen molar-refractivity contribution in [1.82, 2.24) is 5.32 Å². The van der Waals surface area contributed by atoms with E-state index in [4.69, 9.17) is 0 Å². The van der Waals surface area contributed by atoms with Crippen molar-refractivity contribution in [3.8, 4) is 0 Å². The van der Waals surface area contributed by atoms with E-state index in [-0.39, 0.29) is 0 Å². The van der Waals surface area contributed by atoms with Gasteiger partial charge >= 0.3 is 0 Å². The molecule has 2 heteroatoms. The summed E-state index contributed by atoms with van der Waals surface area (Å²) >= 11 is 1.91. The minimum atomic E-state index is 0.596. The van der Waals surface area contributed by atoms with Gasteiger partial charge in [-0.1, -0.05) is 32.8 Å². The molecule has 0 atom stereocenters. The van der Waals surface area contributed by atoms with Crippen molar-refractivity contribution < 1.29 is 0 Å². The van der Waals surface area contributed by atoms with Gasteiger partial charge in [-0.3, -0.25) is 0 Å². The number of aryl methyl sites for hydroxylation is 1. The molecule has 18 heavy (non-hydrogen) atoms. The van der Waals surface area contributed by atoms with Crippen LogP contribution in [-0.2, 0) is 6.42 Å². The minimum Gasteiger partial charge on any atom is -0.316 e. The van der Waals surface area contributed by atoms with Crippen molar-refractivity contribution in [1.29, 1.82) is 0 Å². The molecule has 1 heterocycles. The molecule has 0 unspecified atom stereocenters. The SMILES string of the molecule is CC(C)CNCC1(CCc2cccs2)CCCC1. The van der Waals surface area contributed by atoms with Gasteiger partial charge in [0.05, 0.1) is 0 Å². The third-order valence-electron chi connectivity index (χ3n) is 4.20. The van der Waals surface area contributed by atoms with Crippen LogP contribution in [0, 0.1) is 11.3 Å². The fourth-order valence-electron chi connectivity index (χ4n) is 3.11. The highest BCUT2D eigenvalue weighted by Gasteiger charge is 2.32. The lowest BCUT2D eigenvalue weighted by molar-refractivity contribution is 0.254. The predicted molar refractivity (Wildman–Crippen MR) is 81.2 cm³/mol. The Hall–Kier alpha value is -0.340. The molecule has 1 aliphatic carbocycles. The van der Waals surface area contributed by atoms with Crippen molar-refractivity contribution in [2.24, 2.45) is 11.3 Å². The first-order valence-corrected chi connectivity index (χ1v) is 8.31. The summed E-state index contributed by atoms with van der Waals surface area (Å²) in [5.41, 5.74) is 0.596. The summed E-state index contributed by atoms with van der Waals surface area (Å²) in [5.74, 6) is 0.765. The standard InChI is InChI=1S/C16H27NS/c1-14(2)12-17-13-16(8-3-4-9-16)10-7-15-6-5-11-18-15/h5-6,11,14,17H,3-4,7-10,12-13H2,1-2H3. The Kier molecular flexibility index (Phi) is 5.25. The van der Waals surface area contributed by atoms with Crippen LogP contribution >= 0.6 is 11.3 Å². The summed E-state index contributed by atoms with van der Waals surface area (Å²) in [6, 6.07) is 4.47. The molecular weight excluding hydrogens is 238 g/mol. The molecule has 0 amide bonds. The largest absolute Gasteiger partial charge is 0.316 e. The molecule has 2 rings (SSSR count). The second-order valence-electron chi connectivity index (χ2n) is 6.31. The zero-order chi connectivity index (χ0) is 12.8. The van der Waals surface area contributed by atoms with Crippen molar-refractivity contribution >= 4 is 11.3 Å². The van der Waals surface area contributed by atoms with E-state index in [0.29, 0.717) is 5.41 Å². The van der Waals surface area contributed by atoms with Gasteiger partial charge in [-0.25, -0.2) is 0 Å². The quantitative estimate of drug-likeness (QED) is 0.766. The molecule has 0 spiro atoms. The highest BCUT2D eigenvalue weighted by molar-refractivity contribution is 7.09. The monoisotopic (exact) mass is 265 g/mol. The smallest absolute Gasteiger partial charge is 0.00454 e. The van der Waals surface area contributed by atoms with Gasteiger partial charge in [0.15, 0.2) is 0 Å². The third-order valence-corrected chi connectivity index (χ3v) is 5.13. The Morgan fingerprint density at radius 1 is 1.33 bits per heavy atom. The van der Waals surface area contributed by atoms with Crippen molar-refractivity contribution in [3.05, 3.63) is 22.4 Å². The molecule has 0 bridgehead atoms. The Morgan fingerprint density at radius 2 is 2.11 bits per heavy atom. The van der Waals surface area contributed by atoms with E-state index in [1.54, 1.807) is 4.88 Å². The summed E-state index contributed by atoms with van der Waals surface area (Å²) in [7, 11) is 0. The zero-order valence-electron chi connectivity index (χ0n) is 11.9. The lowest BCUT2D eigenvalue weighted by Crippen LogP contribution is -2.34. The molecule has 1 aliphatic rings. The van der Waals surface area contributed by atoms with E-state index in [1.807, 2.05) is 11.3 Å². The van der Waals surface area contributed by atoms with Gasteiger partial charge in [-0.2, -0.15) is 0 Å². The lowest BCUT2D eigenvalue weighted by atomic mass is 9.81. The van der Waals surface area contributed by atoms with E-state index in [9.17, 15) is 0 Å². The summed E-state index contributed by atoms with van der Waals surface area (Å²) in [6.07, 6.45) is 8.40. The molecule has 1 aromatic rings. The van der Waals surface area contributed by atoms with Crippen LogP contribution in [0.25, 0.3) is 0 Å².